The Balaban J connectivity index is 1.65. The minimum atomic E-state index is -4.80. The van der Waals surface area contributed by atoms with Crippen molar-refractivity contribution < 1.29 is 37.2 Å². The van der Waals surface area contributed by atoms with Crippen molar-refractivity contribution in [2.75, 3.05) is 23.0 Å². The summed E-state index contributed by atoms with van der Waals surface area (Å²) in [5, 5.41) is 15.7. The molecule has 1 aliphatic heterocycles. The number of nitrogens with one attached hydrogen (secondary N) is 2. The Morgan fingerprint density at radius 1 is 1.23 bits per heavy atom. The lowest BCUT2D eigenvalue weighted by molar-refractivity contribution is -0.384. The molecule has 2 aromatic rings. The van der Waals surface area contributed by atoms with E-state index < -0.39 is 46.5 Å². The molecule has 2 N–H and O–H groups in total. The first-order valence-electron chi connectivity index (χ1n) is 8.44. The van der Waals surface area contributed by atoms with Gasteiger partial charge in [-0.15, -0.1) is 11.8 Å². The van der Waals surface area contributed by atoms with E-state index >= 15 is 0 Å². The molecule has 0 spiro atoms. The van der Waals surface area contributed by atoms with Crippen LogP contribution < -0.4 is 10.6 Å². The van der Waals surface area contributed by atoms with Crippen molar-refractivity contribution in [1.82, 2.24) is 0 Å². The summed E-state index contributed by atoms with van der Waals surface area (Å²) in [4.78, 5) is 46.3. The second kappa shape index (κ2) is 8.63. The van der Waals surface area contributed by atoms with Crippen LogP contribution in [0.2, 0.25) is 0 Å². The molecule has 9 nitrogen and oxygen atoms in total. The van der Waals surface area contributed by atoms with E-state index in [1.165, 1.54) is 23.9 Å². The molecule has 0 unspecified atom stereocenters. The molecule has 0 bridgehead atoms. The van der Waals surface area contributed by atoms with E-state index in [0.29, 0.717) is 17.8 Å². The van der Waals surface area contributed by atoms with Gasteiger partial charge in [-0.2, -0.15) is 13.2 Å². The van der Waals surface area contributed by atoms with Gasteiger partial charge < -0.3 is 15.4 Å². The molecule has 0 fully saturated rings. The van der Waals surface area contributed by atoms with E-state index in [1.807, 2.05) is 5.32 Å². The number of nitro groups is 1. The average Bonchev–Trinajstić information content (AvgIpc) is 2.70. The van der Waals surface area contributed by atoms with Crippen molar-refractivity contribution >= 4 is 46.6 Å². The van der Waals surface area contributed by atoms with Gasteiger partial charge in [-0.1, -0.05) is 0 Å². The quantitative estimate of drug-likeness (QED) is 0.402. The first kappa shape index (κ1) is 22.1. The molecule has 0 saturated carbocycles. The highest BCUT2D eigenvalue weighted by Crippen LogP contribution is 2.35. The SMILES string of the molecule is O=C1CSc2ccc(C(=O)OCC(=O)Nc3ccc(C(F)(F)F)cc3[N+](=O)[O-])cc2N1. The van der Waals surface area contributed by atoms with Crippen LogP contribution in [-0.4, -0.2) is 35.1 Å². The number of hydrogen-bond donors (Lipinski definition) is 2. The lowest BCUT2D eigenvalue weighted by Gasteiger charge is -2.16. The van der Waals surface area contributed by atoms with Crippen molar-refractivity contribution in [3.8, 4) is 0 Å². The van der Waals surface area contributed by atoms with E-state index in [-0.39, 0.29) is 17.2 Å². The van der Waals surface area contributed by atoms with Crippen LogP contribution in [0.5, 0.6) is 0 Å². The lowest BCUT2D eigenvalue weighted by atomic mass is 10.1. The summed E-state index contributed by atoms with van der Waals surface area (Å²) in [5.74, 6) is -1.88. The van der Waals surface area contributed by atoms with Crippen LogP contribution in [0.1, 0.15) is 15.9 Å². The molecule has 0 aliphatic carbocycles. The lowest BCUT2D eigenvalue weighted by Crippen LogP contribution is -2.22. The maximum Gasteiger partial charge on any atom is 0.416 e. The molecule has 2 amide bonds. The third kappa shape index (κ3) is 5.31. The Labute approximate surface area is 176 Å². The van der Waals surface area contributed by atoms with Gasteiger partial charge in [0.25, 0.3) is 11.6 Å². The topological polar surface area (TPSA) is 128 Å². The maximum atomic E-state index is 12.7. The fraction of sp³-hybridized carbons (Fsp3) is 0.167. The zero-order valence-corrected chi connectivity index (χ0v) is 16.1. The predicted octanol–water partition coefficient (Wildman–Crippen LogP) is 3.45. The molecule has 0 radical (unpaired) electrons. The minimum absolute atomic E-state index is 0.0508. The van der Waals surface area contributed by atoms with Crippen LogP contribution in [-0.2, 0) is 20.5 Å². The smallest absolute Gasteiger partial charge is 0.416 e. The fourth-order valence-electron chi connectivity index (χ4n) is 2.58. The normalized spacial score (nSPS) is 13.1. The number of nitro benzene ring substituents is 1. The number of carbonyl (C=O) groups excluding carboxylic acids is 3. The molecule has 1 heterocycles. The number of fused-ring (bicyclic) bond motifs is 1. The second-order valence-corrected chi connectivity index (χ2v) is 7.18. The molecular formula is C18H12F3N3O6S. The molecule has 162 valence electrons. The molecule has 13 heteroatoms. The number of thioether (sulfide) groups is 1. The van der Waals surface area contributed by atoms with Gasteiger partial charge in [0, 0.05) is 11.0 Å². The fourth-order valence-corrected chi connectivity index (χ4v) is 3.36. The number of amides is 2. The Bertz CT molecular complexity index is 1090. The highest BCUT2D eigenvalue weighted by atomic mass is 32.2. The Hall–Kier alpha value is -3.61. The number of rotatable bonds is 5. The van der Waals surface area contributed by atoms with Crippen molar-refractivity contribution in [3.63, 3.8) is 0 Å². The number of alkyl halides is 3. The van der Waals surface area contributed by atoms with E-state index in [1.54, 1.807) is 6.07 Å². The summed E-state index contributed by atoms with van der Waals surface area (Å²) in [6.07, 6.45) is -4.80. The van der Waals surface area contributed by atoms with Gasteiger partial charge in [0.2, 0.25) is 5.91 Å². The number of hydrogen-bond acceptors (Lipinski definition) is 7. The van der Waals surface area contributed by atoms with Gasteiger partial charge in [0.1, 0.15) is 5.69 Å². The largest absolute Gasteiger partial charge is 0.452 e. The van der Waals surface area contributed by atoms with Gasteiger partial charge in [0.15, 0.2) is 6.61 Å². The molecule has 0 saturated heterocycles. The highest BCUT2D eigenvalue weighted by molar-refractivity contribution is 8.00. The number of anilines is 2. The van der Waals surface area contributed by atoms with E-state index in [4.69, 9.17) is 4.74 Å². The number of carbonyl (C=O) groups is 3. The maximum absolute atomic E-state index is 12.7. The second-order valence-electron chi connectivity index (χ2n) is 6.16. The number of esters is 1. The van der Waals surface area contributed by atoms with Gasteiger partial charge in [-0.05, 0) is 30.3 Å². The monoisotopic (exact) mass is 455 g/mol. The van der Waals surface area contributed by atoms with Crippen LogP contribution in [0.15, 0.2) is 41.3 Å². The molecule has 3 rings (SSSR count). The van der Waals surface area contributed by atoms with Crippen LogP contribution in [0.25, 0.3) is 0 Å². The molecule has 0 atom stereocenters. The van der Waals surface area contributed by atoms with Gasteiger partial charge in [0.05, 0.1) is 27.5 Å². The van der Waals surface area contributed by atoms with Crippen LogP contribution >= 0.6 is 11.8 Å². The minimum Gasteiger partial charge on any atom is -0.452 e. The average molecular weight is 455 g/mol. The van der Waals surface area contributed by atoms with E-state index in [2.05, 4.69) is 5.32 Å². The molecule has 0 aromatic heterocycles. The molecule has 2 aromatic carbocycles. The van der Waals surface area contributed by atoms with Crippen LogP contribution in [0.4, 0.5) is 30.2 Å². The summed E-state index contributed by atoms with van der Waals surface area (Å²) in [6, 6.07) is 6.02. The molecule has 1 aliphatic rings. The summed E-state index contributed by atoms with van der Waals surface area (Å²) in [7, 11) is 0. The van der Waals surface area contributed by atoms with Gasteiger partial charge in [-0.25, -0.2) is 4.79 Å². The van der Waals surface area contributed by atoms with Crippen molar-refractivity contribution in [1.29, 1.82) is 0 Å². The summed E-state index contributed by atoms with van der Waals surface area (Å²) < 4.78 is 43.0. The first-order chi connectivity index (χ1) is 14.5. The molecule has 31 heavy (non-hydrogen) atoms. The third-order valence-electron chi connectivity index (χ3n) is 3.98. The van der Waals surface area contributed by atoms with E-state index in [0.717, 1.165) is 11.0 Å². The Morgan fingerprint density at radius 2 is 1.97 bits per heavy atom. The third-order valence-corrected chi connectivity index (χ3v) is 5.05. The van der Waals surface area contributed by atoms with E-state index in [9.17, 15) is 37.7 Å². The standard InChI is InChI=1S/C18H12F3N3O6S/c19-18(20,21)10-2-3-11(13(6-10)24(28)29)22-15(25)7-30-17(27)9-1-4-14-12(5-9)23-16(26)8-31-14/h1-6H,7-8H2,(H,22,25)(H,23,26). The first-order valence-corrected chi connectivity index (χ1v) is 9.42. The Morgan fingerprint density at radius 3 is 2.65 bits per heavy atom. The van der Waals surface area contributed by atoms with Gasteiger partial charge >= 0.3 is 12.1 Å². The van der Waals surface area contributed by atoms with Crippen molar-refractivity contribution in [2.45, 2.75) is 11.1 Å². The van der Waals surface area contributed by atoms with Crippen molar-refractivity contribution in [3.05, 3.63) is 57.6 Å². The highest BCUT2D eigenvalue weighted by Gasteiger charge is 2.33. The zero-order chi connectivity index (χ0) is 22.8. The zero-order valence-electron chi connectivity index (χ0n) is 15.3. The Kier molecular flexibility index (Phi) is 6.15. The number of benzene rings is 2. The van der Waals surface area contributed by atoms with Crippen LogP contribution in [0, 0.1) is 10.1 Å². The summed E-state index contributed by atoms with van der Waals surface area (Å²) in [6.45, 7) is -0.838. The number of ether oxygens (including phenoxy) is 1. The summed E-state index contributed by atoms with van der Waals surface area (Å²) in [5.41, 5.74) is -2.22. The predicted molar refractivity (Wildman–Crippen MR) is 103 cm³/mol. The number of nitrogens with zero attached hydrogens (tertiary/aromatic N) is 1. The molecular weight excluding hydrogens is 443 g/mol. The number of halogens is 3. The van der Waals surface area contributed by atoms with Crippen molar-refractivity contribution in [2.24, 2.45) is 0 Å². The van der Waals surface area contributed by atoms with Gasteiger partial charge in [-0.3, -0.25) is 19.7 Å². The summed E-state index contributed by atoms with van der Waals surface area (Å²) >= 11 is 1.29. The van der Waals surface area contributed by atoms with Crippen LogP contribution in [0.3, 0.4) is 0 Å².